The molecule has 1 unspecified atom stereocenters. The minimum atomic E-state index is -0.209. The van der Waals surface area contributed by atoms with E-state index in [1.165, 1.54) is 0 Å². The van der Waals surface area contributed by atoms with Crippen molar-refractivity contribution in [2.75, 3.05) is 6.61 Å². The summed E-state index contributed by atoms with van der Waals surface area (Å²) in [7, 11) is 0. The van der Waals surface area contributed by atoms with E-state index in [9.17, 15) is 4.79 Å². The second kappa shape index (κ2) is 6.42. The summed E-state index contributed by atoms with van der Waals surface area (Å²) in [6.45, 7) is 1.85. The van der Waals surface area contributed by atoms with Gasteiger partial charge in [-0.2, -0.15) is 0 Å². The number of benzene rings is 1. The molecule has 0 saturated carbocycles. The molecule has 0 bridgehead atoms. The molecule has 0 heterocycles. The summed E-state index contributed by atoms with van der Waals surface area (Å²) in [6, 6.07) is 4.93. The van der Waals surface area contributed by atoms with Crippen LogP contribution in [-0.2, 0) is 0 Å². The minimum Gasteiger partial charge on any atom is -0.394 e. The molecule has 3 nitrogen and oxygen atoms in total. The summed E-state index contributed by atoms with van der Waals surface area (Å²) in [5.41, 5.74) is 0.511. The quantitative estimate of drug-likeness (QED) is 0.817. The first-order chi connectivity index (χ1) is 7.58. The molecule has 16 heavy (non-hydrogen) atoms. The fourth-order valence-electron chi connectivity index (χ4n) is 1.18. The van der Waals surface area contributed by atoms with Crippen molar-refractivity contribution in [2.24, 2.45) is 0 Å². The van der Waals surface area contributed by atoms with Gasteiger partial charge in [-0.1, -0.05) is 18.5 Å². The molecular formula is C11H13ClINO2. The average Bonchev–Trinajstić information content (AvgIpc) is 2.29. The highest BCUT2D eigenvalue weighted by molar-refractivity contribution is 14.1. The summed E-state index contributed by atoms with van der Waals surface area (Å²) in [5.74, 6) is -0.209. The Balaban J connectivity index is 2.76. The second-order valence-electron chi connectivity index (χ2n) is 3.39. The molecule has 0 aliphatic carbocycles. The van der Waals surface area contributed by atoms with Gasteiger partial charge in [-0.3, -0.25) is 4.79 Å². The molecule has 0 aliphatic heterocycles. The number of hydrogen-bond donors (Lipinski definition) is 2. The third-order valence-corrected chi connectivity index (χ3v) is 3.80. The van der Waals surface area contributed by atoms with E-state index in [4.69, 9.17) is 16.7 Å². The maximum atomic E-state index is 11.8. The number of amides is 1. The van der Waals surface area contributed by atoms with Gasteiger partial charge in [-0.05, 0) is 47.2 Å². The zero-order valence-electron chi connectivity index (χ0n) is 8.84. The van der Waals surface area contributed by atoms with Crippen molar-refractivity contribution in [3.05, 3.63) is 32.4 Å². The molecule has 0 fully saturated rings. The summed E-state index contributed by atoms with van der Waals surface area (Å²) >= 11 is 8.03. The minimum absolute atomic E-state index is 0.0552. The van der Waals surface area contributed by atoms with Gasteiger partial charge in [0.2, 0.25) is 0 Å². The van der Waals surface area contributed by atoms with Crippen LogP contribution in [0.15, 0.2) is 18.2 Å². The Morgan fingerprint density at radius 3 is 2.81 bits per heavy atom. The number of hydrogen-bond acceptors (Lipinski definition) is 2. The molecule has 1 aromatic rings. The number of halogens is 2. The largest absolute Gasteiger partial charge is 0.394 e. The van der Waals surface area contributed by atoms with Crippen molar-refractivity contribution in [1.29, 1.82) is 0 Å². The summed E-state index contributed by atoms with van der Waals surface area (Å²) in [5, 5.41) is 12.3. The molecule has 0 aliphatic rings. The Morgan fingerprint density at radius 1 is 1.62 bits per heavy atom. The first-order valence-electron chi connectivity index (χ1n) is 4.95. The topological polar surface area (TPSA) is 49.3 Å². The lowest BCUT2D eigenvalue weighted by Crippen LogP contribution is -2.36. The van der Waals surface area contributed by atoms with E-state index in [0.29, 0.717) is 17.0 Å². The molecule has 1 atom stereocenters. The molecule has 5 heteroatoms. The predicted octanol–water partition coefficient (Wildman–Crippen LogP) is 2.45. The van der Waals surface area contributed by atoms with Gasteiger partial charge in [0, 0.05) is 9.13 Å². The lowest BCUT2D eigenvalue weighted by Gasteiger charge is -2.14. The highest BCUT2D eigenvalue weighted by Gasteiger charge is 2.12. The first-order valence-corrected chi connectivity index (χ1v) is 6.41. The van der Waals surface area contributed by atoms with Gasteiger partial charge in [0.05, 0.1) is 17.7 Å². The van der Waals surface area contributed by atoms with Crippen molar-refractivity contribution in [2.45, 2.75) is 19.4 Å². The summed E-state index contributed by atoms with van der Waals surface area (Å²) < 4.78 is 0.907. The highest BCUT2D eigenvalue weighted by Crippen LogP contribution is 2.19. The number of carbonyl (C=O) groups excluding carboxylic acids is 1. The van der Waals surface area contributed by atoms with Gasteiger partial charge >= 0.3 is 0 Å². The number of rotatable bonds is 4. The molecule has 2 N–H and O–H groups in total. The predicted molar refractivity (Wildman–Crippen MR) is 72.8 cm³/mol. The Labute approximate surface area is 113 Å². The first kappa shape index (κ1) is 13.7. The van der Waals surface area contributed by atoms with Gasteiger partial charge in [0.15, 0.2) is 0 Å². The Morgan fingerprint density at radius 2 is 2.31 bits per heavy atom. The van der Waals surface area contributed by atoms with Crippen LogP contribution in [0.4, 0.5) is 0 Å². The van der Waals surface area contributed by atoms with Crippen LogP contribution < -0.4 is 5.32 Å². The van der Waals surface area contributed by atoms with Crippen LogP contribution in [0.1, 0.15) is 23.7 Å². The van der Waals surface area contributed by atoms with Crippen molar-refractivity contribution in [3.63, 3.8) is 0 Å². The third kappa shape index (κ3) is 3.61. The highest BCUT2D eigenvalue weighted by atomic mass is 127. The van der Waals surface area contributed by atoms with Crippen LogP contribution in [0, 0.1) is 3.57 Å². The number of aliphatic hydroxyl groups excluding tert-OH is 1. The van der Waals surface area contributed by atoms with E-state index in [0.717, 1.165) is 3.57 Å². The van der Waals surface area contributed by atoms with E-state index < -0.39 is 0 Å². The van der Waals surface area contributed by atoms with Gasteiger partial charge in [-0.15, -0.1) is 0 Å². The summed E-state index contributed by atoms with van der Waals surface area (Å²) in [6.07, 6.45) is 0.695. The SMILES string of the molecule is CCC(CO)NC(=O)c1ccc(I)c(Cl)c1. The second-order valence-corrected chi connectivity index (χ2v) is 4.96. The standard InChI is InChI=1S/C11H13ClINO2/c1-2-8(6-15)14-11(16)7-3-4-10(13)9(12)5-7/h3-5,8,15H,2,6H2,1H3,(H,14,16). The number of aliphatic hydroxyl groups is 1. The fourth-order valence-corrected chi connectivity index (χ4v) is 1.70. The normalized spacial score (nSPS) is 12.2. The van der Waals surface area contributed by atoms with Crippen molar-refractivity contribution in [1.82, 2.24) is 5.32 Å². The Bertz CT molecular complexity index is 380. The van der Waals surface area contributed by atoms with Crippen LogP contribution in [-0.4, -0.2) is 23.7 Å². The van der Waals surface area contributed by atoms with Crippen LogP contribution >= 0.6 is 34.2 Å². The monoisotopic (exact) mass is 353 g/mol. The van der Waals surface area contributed by atoms with Crippen molar-refractivity contribution < 1.29 is 9.90 Å². The maximum absolute atomic E-state index is 11.8. The lowest BCUT2D eigenvalue weighted by atomic mass is 10.2. The number of carbonyl (C=O) groups is 1. The zero-order chi connectivity index (χ0) is 12.1. The van der Waals surface area contributed by atoms with Crippen LogP contribution in [0.3, 0.4) is 0 Å². The molecule has 0 radical (unpaired) electrons. The van der Waals surface area contributed by atoms with Gasteiger partial charge in [0.25, 0.3) is 5.91 Å². The molecule has 0 spiro atoms. The van der Waals surface area contributed by atoms with Crippen LogP contribution in [0.25, 0.3) is 0 Å². The van der Waals surface area contributed by atoms with E-state index in [1.54, 1.807) is 18.2 Å². The van der Waals surface area contributed by atoms with Crippen LogP contribution in [0.5, 0.6) is 0 Å². The van der Waals surface area contributed by atoms with Gasteiger partial charge in [0.1, 0.15) is 0 Å². The smallest absolute Gasteiger partial charge is 0.251 e. The number of nitrogens with one attached hydrogen (secondary N) is 1. The molecule has 0 aromatic heterocycles. The Hall–Kier alpha value is -0.330. The lowest BCUT2D eigenvalue weighted by molar-refractivity contribution is 0.0915. The molecule has 1 aromatic carbocycles. The van der Waals surface area contributed by atoms with Gasteiger partial charge in [-0.25, -0.2) is 0 Å². The molecule has 0 saturated heterocycles. The van der Waals surface area contributed by atoms with Crippen LogP contribution in [0.2, 0.25) is 5.02 Å². The molecule has 1 rings (SSSR count). The average molecular weight is 354 g/mol. The fraction of sp³-hybridized carbons (Fsp3) is 0.364. The Kier molecular flexibility index (Phi) is 5.51. The van der Waals surface area contributed by atoms with Crippen molar-refractivity contribution in [3.8, 4) is 0 Å². The molecule has 88 valence electrons. The summed E-state index contributed by atoms with van der Waals surface area (Å²) in [4.78, 5) is 11.8. The maximum Gasteiger partial charge on any atom is 0.251 e. The third-order valence-electron chi connectivity index (χ3n) is 2.23. The van der Waals surface area contributed by atoms with E-state index in [2.05, 4.69) is 27.9 Å². The van der Waals surface area contributed by atoms with E-state index in [-0.39, 0.29) is 18.6 Å². The van der Waals surface area contributed by atoms with Crippen molar-refractivity contribution >= 4 is 40.1 Å². The molecular weight excluding hydrogens is 340 g/mol. The molecule has 1 amide bonds. The zero-order valence-corrected chi connectivity index (χ0v) is 11.7. The van der Waals surface area contributed by atoms with Gasteiger partial charge < -0.3 is 10.4 Å². The van der Waals surface area contributed by atoms with E-state index in [1.807, 2.05) is 6.92 Å². The van der Waals surface area contributed by atoms with E-state index >= 15 is 0 Å².